The van der Waals surface area contributed by atoms with Crippen molar-refractivity contribution in [3.8, 4) is 12.1 Å². The molecule has 192 valence electrons. The van der Waals surface area contributed by atoms with Crippen LogP contribution < -0.4 is 10.6 Å². The van der Waals surface area contributed by atoms with E-state index in [1.165, 1.54) is 48.2 Å². The quantitative estimate of drug-likeness (QED) is 0.347. The van der Waals surface area contributed by atoms with Crippen molar-refractivity contribution in [3.63, 3.8) is 0 Å². The Balaban J connectivity index is 1.66. The van der Waals surface area contributed by atoms with Crippen LogP contribution in [0.4, 0.5) is 5.69 Å². The number of benzene rings is 1. The molecule has 2 aliphatic rings. The molecule has 2 atom stereocenters. The highest BCUT2D eigenvalue weighted by atomic mass is 32.2. The van der Waals surface area contributed by atoms with E-state index in [0.717, 1.165) is 18.7 Å². The molecule has 8 nitrogen and oxygen atoms in total. The standard InChI is InChI=1S/C27H36N6O2S/c1-4-13-33-25(35)23(36-26(33)22(17-28)24(34)31-27(3,5-2)19-29)18-30-21-10-8-20(9-11-21)12-16-32-14-6-7-15-32/h8-11,23,30H,4-7,12-16,18H2,1-3H3,(H,31,34)/b26-22-. The molecule has 0 aromatic heterocycles. The normalized spacial score (nSPS) is 21.0. The number of likely N-dealkylation sites (tertiary alicyclic amines) is 1. The highest BCUT2D eigenvalue weighted by molar-refractivity contribution is 8.04. The summed E-state index contributed by atoms with van der Waals surface area (Å²) in [5.74, 6) is -0.747. The van der Waals surface area contributed by atoms with E-state index in [4.69, 9.17) is 0 Å². The summed E-state index contributed by atoms with van der Waals surface area (Å²) in [7, 11) is 0. The summed E-state index contributed by atoms with van der Waals surface area (Å²) in [4.78, 5) is 30.1. The predicted molar refractivity (Wildman–Crippen MR) is 143 cm³/mol. The van der Waals surface area contributed by atoms with Crippen LogP contribution in [0.15, 0.2) is 34.9 Å². The fraction of sp³-hybridized carbons (Fsp3) is 0.556. The highest BCUT2D eigenvalue weighted by Crippen LogP contribution is 2.37. The zero-order valence-corrected chi connectivity index (χ0v) is 22.3. The van der Waals surface area contributed by atoms with E-state index < -0.39 is 16.7 Å². The number of hydrogen-bond donors (Lipinski definition) is 2. The van der Waals surface area contributed by atoms with Crippen molar-refractivity contribution in [1.29, 1.82) is 10.5 Å². The monoisotopic (exact) mass is 508 g/mol. The molecule has 2 aliphatic heterocycles. The van der Waals surface area contributed by atoms with E-state index in [1.807, 2.05) is 25.1 Å². The molecule has 2 amide bonds. The number of nitriles is 2. The van der Waals surface area contributed by atoms with Gasteiger partial charge < -0.3 is 20.4 Å². The van der Waals surface area contributed by atoms with Crippen molar-refractivity contribution < 1.29 is 9.59 Å². The van der Waals surface area contributed by atoms with Crippen molar-refractivity contribution in [2.24, 2.45) is 0 Å². The van der Waals surface area contributed by atoms with Gasteiger partial charge in [-0.25, -0.2) is 0 Å². The number of carbonyl (C=O) groups excluding carboxylic acids is 2. The first-order valence-electron chi connectivity index (χ1n) is 12.8. The molecule has 0 aliphatic carbocycles. The lowest BCUT2D eigenvalue weighted by Gasteiger charge is -2.22. The van der Waals surface area contributed by atoms with Crippen LogP contribution in [0.5, 0.6) is 0 Å². The Morgan fingerprint density at radius 3 is 2.44 bits per heavy atom. The summed E-state index contributed by atoms with van der Waals surface area (Å²) in [6.45, 7) is 9.64. The van der Waals surface area contributed by atoms with Crippen LogP contribution in [-0.2, 0) is 16.0 Å². The topological polar surface area (TPSA) is 112 Å². The van der Waals surface area contributed by atoms with Crippen molar-refractivity contribution >= 4 is 29.3 Å². The van der Waals surface area contributed by atoms with E-state index in [1.54, 1.807) is 13.8 Å². The number of thioether (sulfide) groups is 1. The minimum Gasteiger partial charge on any atom is -0.383 e. The third kappa shape index (κ3) is 6.81. The lowest BCUT2D eigenvalue weighted by Crippen LogP contribution is -2.45. The van der Waals surface area contributed by atoms with Gasteiger partial charge >= 0.3 is 0 Å². The SMILES string of the molecule is CCCN1C(=O)C(CNc2ccc(CCN3CCCC3)cc2)S/C1=C(/C#N)C(=O)NC(C)(C#N)CC. The number of amides is 2. The van der Waals surface area contributed by atoms with Crippen LogP contribution in [-0.4, -0.2) is 65.1 Å². The Bertz CT molecular complexity index is 1050. The van der Waals surface area contributed by atoms with Crippen LogP contribution in [0.25, 0.3) is 0 Å². The number of nitrogens with one attached hydrogen (secondary N) is 2. The molecule has 2 saturated heterocycles. The molecule has 9 heteroatoms. The second-order valence-electron chi connectivity index (χ2n) is 9.52. The molecule has 3 rings (SSSR count). The summed E-state index contributed by atoms with van der Waals surface area (Å²) < 4.78 is 0. The third-order valence-corrected chi connectivity index (χ3v) is 8.05. The minimum atomic E-state index is -1.08. The molecule has 0 spiro atoms. The molecule has 0 saturated carbocycles. The summed E-state index contributed by atoms with van der Waals surface area (Å²) in [5, 5.41) is 25.1. The number of carbonyl (C=O) groups is 2. The third-order valence-electron chi connectivity index (χ3n) is 6.74. The van der Waals surface area contributed by atoms with E-state index in [0.29, 0.717) is 31.0 Å². The van der Waals surface area contributed by atoms with Gasteiger partial charge in [-0.15, -0.1) is 0 Å². The zero-order valence-electron chi connectivity index (χ0n) is 21.5. The molecular formula is C27H36N6O2S. The van der Waals surface area contributed by atoms with Gasteiger partial charge in [0.25, 0.3) is 5.91 Å². The van der Waals surface area contributed by atoms with E-state index in [9.17, 15) is 20.1 Å². The Morgan fingerprint density at radius 2 is 1.86 bits per heavy atom. The molecule has 36 heavy (non-hydrogen) atoms. The molecule has 0 radical (unpaired) electrons. The van der Waals surface area contributed by atoms with Crippen molar-refractivity contribution in [2.45, 2.75) is 63.7 Å². The number of hydrogen-bond acceptors (Lipinski definition) is 7. The van der Waals surface area contributed by atoms with Gasteiger partial charge in [0.15, 0.2) is 0 Å². The molecular weight excluding hydrogens is 472 g/mol. The first kappa shape index (κ1) is 27.6. The average molecular weight is 509 g/mol. The largest absolute Gasteiger partial charge is 0.383 e. The molecule has 2 unspecified atom stereocenters. The Morgan fingerprint density at radius 1 is 1.17 bits per heavy atom. The van der Waals surface area contributed by atoms with Crippen molar-refractivity contribution in [3.05, 3.63) is 40.4 Å². The summed E-state index contributed by atoms with van der Waals surface area (Å²) >= 11 is 1.24. The average Bonchev–Trinajstić information content (AvgIpc) is 3.51. The lowest BCUT2D eigenvalue weighted by atomic mass is 10.0. The van der Waals surface area contributed by atoms with Gasteiger partial charge in [-0.05, 0) is 69.8 Å². The molecule has 1 aromatic carbocycles. The summed E-state index contributed by atoms with van der Waals surface area (Å²) in [6.07, 6.45) is 4.72. The van der Waals surface area contributed by atoms with Gasteiger partial charge in [0.2, 0.25) is 5.91 Å². The first-order chi connectivity index (χ1) is 17.3. The minimum absolute atomic E-state index is 0.120. The van der Waals surface area contributed by atoms with Crippen LogP contribution in [0, 0.1) is 22.7 Å². The molecule has 2 heterocycles. The maximum absolute atomic E-state index is 13.2. The van der Waals surface area contributed by atoms with Gasteiger partial charge in [-0.2, -0.15) is 10.5 Å². The maximum atomic E-state index is 13.2. The fourth-order valence-corrected chi connectivity index (χ4v) is 5.51. The van der Waals surface area contributed by atoms with E-state index in [-0.39, 0.29) is 11.5 Å². The highest BCUT2D eigenvalue weighted by Gasteiger charge is 2.40. The molecule has 0 bridgehead atoms. The van der Waals surface area contributed by atoms with Crippen molar-refractivity contribution in [1.82, 2.24) is 15.1 Å². The predicted octanol–water partition coefficient (Wildman–Crippen LogP) is 3.63. The number of anilines is 1. The molecule has 2 N–H and O–H groups in total. The van der Waals surface area contributed by atoms with Gasteiger partial charge in [0.05, 0.1) is 6.07 Å². The summed E-state index contributed by atoms with van der Waals surface area (Å²) in [6, 6.07) is 12.4. The zero-order chi connectivity index (χ0) is 26.1. The van der Waals surface area contributed by atoms with Gasteiger partial charge in [-0.1, -0.05) is 37.7 Å². The Kier molecular flexibility index (Phi) is 9.81. The summed E-state index contributed by atoms with van der Waals surface area (Å²) in [5.41, 5.74) is 1.02. The first-order valence-corrected chi connectivity index (χ1v) is 13.6. The smallest absolute Gasteiger partial charge is 0.265 e. The van der Waals surface area contributed by atoms with Crippen LogP contribution in [0.2, 0.25) is 0 Å². The van der Waals surface area contributed by atoms with Crippen LogP contribution >= 0.6 is 11.8 Å². The Labute approximate surface area is 218 Å². The second-order valence-corrected chi connectivity index (χ2v) is 10.7. The van der Waals surface area contributed by atoms with E-state index in [2.05, 4.69) is 33.7 Å². The van der Waals surface area contributed by atoms with Crippen molar-refractivity contribution in [2.75, 3.05) is 38.0 Å². The molecule has 2 fully saturated rings. The number of rotatable bonds is 11. The van der Waals surface area contributed by atoms with Crippen LogP contribution in [0.3, 0.4) is 0 Å². The fourth-order valence-electron chi connectivity index (χ4n) is 4.28. The maximum Gasteiger partial charge on any atom is 0.265 e. The van der Waals surface area contributed by atoms with Gasteiger partial charge in [-0.3, -0.25) is 9.59 Å². The number of nitrogens with zero attached hydrogens (tertiary/aromatic N) is 4. The molecule has 1 aromatic rings. The van der Waals surface area contributed by atoms with Crippen LogP contribution in [0.1, 0.15) is 52.0 Å². The van der Waals surface area contributed by atoms with E-state index >= 15 is 0 Å². The lowest BCUT2D eigenvalue weighted by molar-refractivity contribution is -0.127. The second kappa shape index (κ2) is 12.8. The van der Waals surface area contributed by atoms with Gasteiger partial charge in [0, 0.05) is 25.3 Å². The van der Waals surface area contributed by atoms with Gasteiger partial charge in [0.1, 0.15) is 27.5 Å². The Hall–Kier alpha value is -3.01.